The van der Waals surface area contributed by atoms with Gasteiger partial charge < -0.3 is 14.6 Å². The molecule has 0 fully saturated rings. The number of rotatable bonds is 3. The number of thiazole rings is 1. The molecule has 0 bridgehead atoms. The minimum Gasteiger partial charge on any atom is -0.464 e. The summed E-state index contributed by atoms with van der Waals surface area (Å²) in [6.45, 7) is 3.33. The number of benzene rings is 2. The Labute approximate surface area is 166 Å². The van der Waals surface area contributed by atoms with Gasteiger partial charge in [0.15, 0.2) is 5.13 Å². The molecule has 0 saturated carbocycles. The van der Waals surface area contributed by atoms with E-state index in [2.05, 4.69) is 28.5 Å². The van der Waals surface area contributed by atoms with Gasteiger partial charge in [0.2, 0.25) is 0 Å². The van der Waals surface area contributed by atoms with E-state index in [4.69, 9.17) is 4.42 Å². The van der Waals surface area contributed by atoms with Gasteiger partial charge in [-0.25, -0.2) is 4.98 Å². The summed E-state index contributed by atoms with van der Waals surface area (Å²) in [5.74, 6) is 0.00147. The number of aromatic nitrogens is 1. The molecule has 5 rings (SSSR count). The molecule has 4 aromatic rings. The van der Waals surface area contributed by atoms with Gasteiger partial charge in [0, 0.05) is 29.0 Å². The number of nitrogens with one attached hydrogen (secondary N) is 1. The lowest BCUT2D eigenvalue weighted by molar-refractivity contribution is 0.0729. The predicted octanol–water partition coefficient (Wildman–Crippen LogP) is 5.14. The van der Waals surface area contributed by atoms with Crippen molar-refractivity contribution in [3.05, 3.63) is 76.5 Å². The first kappa shape index (κ1) is 17.0. The highest BCUT2D eigenvalue weighted by atomic mass is 32.1. The Morgan fingerprint density at radius 2 is 2.04 bits per heavy atom. The Morgan fingerprint density at radius 3 is 2.93 bits per heavy atom. The number of nitrogens with zero attached hydrogens (tertiary/aromatic N) is 2. The van der Waals surface area contributed by atoms with Crippen molar-refractivity contribution in [2.75, 3.05) is 11.9 Å². The van der Waals surface area contributed by atoms with Crippen LogP contribution in [0.2, 0.25) is 0 Å². The minimum absolute atomic E-state index is 0.00147. The second-order valence-electron chi connectivity index (χ2n) is 6.97. The molecular formula is C22H19N3O2S. The third-order valence-corrected chi connectivity index (χ3v) is 6.01. The van der Waals surface area contributed by atoms with Crippen LogP contribution in [0, 0.1) is 6.92 Å². The Balaban J connectivity index is 1.36. The van der Waals surface area contributed by atoms with E-state index in [0.29, 0.717) is 12.2 Å². The molecule has 5 nitrogen and oxygen atoms in total. The van der Waals surface area contributed by atoms with E-state index in [1.54, 1.807) is 6.26 Å². The highest BCUT2D eigenvalue weighted by molar-refractivity contribution is 7.15. The zero-order valence-electron chi connectivity index (χ0n) is 15.4. The van der Waals surface area contributed by atoms with Gasteiger partial charge in [-0.3, -0.25) is 4.79 Å². The van der Waals surface area contributed by atoms with Gasteiger partial charge in [-0.1, -0.05) is 24.3 Å². The van der Waals surface area contributed by atoms with Crippen LogP contribution >= 0.6 is 11.3 Å². The number of hydrogen-bond donors (Lipinski definition) is 1. The van der Waals surface area contributed by atoms with Gasteiger partial charge in [-0.2, -0.15) is 0 Å². The quantitative estimate of drug-likeness (QED) is 0.527. The van der Waals surface area contributed by atoms with Crippen LogP contribution in [-0.2, 0) is 13.0 Å². The Kier molecular flexibility index (Phi) is 4.13. The molecule has 1 aliphatic heterocycles. The Hall–Kier alpha value is -3.12. The van der Waals surface area contributed by atoms with Gasteiger partial charge in [0.05, 0.1) is 6.26 Å². The van der Waals surface area contributed by atoms with Crippen LogP contribution in [0.1, 0.15) is 26.5 Å². The molecule has 0 radical (unpaired) electrons. The predicted molar refractivity (Wildman–Crippen MR) is 111 cm³/mol. The normalized spacial score (nSPS) is 13.5. The first-order valence-electron chi connectivity index (χ1n) is 9.25. The zero-order chi connectivity index (χ0) is 19.1. The van der Waals surface area contributed by atoms with Crippen molar-refractivity contribution in [1.29, 1.82) is 0 Å². The van der Waals surface area contributed by atoms with Crippen LogP contribution in [0.25, 0.3) is 11.0 Å². The summed E-state index contributed by atoms with van der Waals surface area (Å²) in [6.07, 6.45) is 2.57. The molecule has 0 saturated heterocycles. The summed E-state index contributed by atoms with van der Waals surface area (Å²) in [4.78, 5) is 20.5. The van der Waals surface area contributed by atoms with E-state index < -0.39 is 0 Å². The average molecular weight is 389 g/mol. The van der Waals surface area contributed by atoms with Gasteiger partial charge in [0.1, 0.15) is 11.3 Å². The molecule has 2 aromatic carbocycles. The van der Waals surface area contributed by atoms with Crippen molar-refractivity contribution in [3.63, 3.8) is 0 Å². The fraction of sp³-hybridized carbons (Fsp3) is 0.182. The molecule has 0 spiro atoms. The lowest BCUT2D eigenvalue weighted by Gasteiger charge is -2.28. The number of carbonyl (C=O) groups excluding carboxylic acids is 1. The molecule has 1 N–H and O–H groups in total. The van der Waals surface area contributed by atoms with E-state index >= 15 is 0 Å². The monoisotopic (exact) mass is 389 g/mol. The van der Waals surface area contributed by atoms with Gasteiger partial charge in [-0.15, -0.1) is 11.3 Å². The fourth-order valence-corrected chi connectivity index (χ4v) is 4.46. The summed E-state index contributed by atoms with van der Waals surface area (Å²) >= 11 is 1.50. The summed E-state index contributed by atoms with van der Waals surface area (Å²) in [5, 5.41) is 5.07. The number of fused-ring (bicyclic) bond motifs is 2. The maximum atomic E-state index is 13.1. The molecule has 0 aliphatic carbocycles. The maximum Gasteiger partial charge on any atom is 0.274 e. The third kappa shape index (κ3) is 3.05. The topological polar surface area (TPSA) is 58.4 Å². The van der Waals surface area contributed by atoms with Gasteiger partial charge >= 0.3 is 0 Å². The van der Waals surface area contributed by atoms with E-state index in [1.165, 1.54) is 22.5 Å². The molecule has 1 aliphatic rings. The third-order valence-electron chi connectivity index (χ3n) is 5.12. The standard InChI is InChI=1S/C22H19N3O2S/c1-14-20(21(26)25-10-8-15-4-2-3-5-17(15)13-25)24-22(28-14)23-18-6-7-19-16(12-18)9-11-27-19/h2-7,9,11-12H,8,10,13H2,1H3,(H,23,24). The van der Waals surface area contributed by atoms with Gasteiger partial charge in [-0.05, 0) is 48.7 Å². The Bertz CT molecular complexity index is 1180. The van der Waals surface area contributed by atoms with Crippen molar-refractivity contribution in [2.45, 2.75) is 19.9 Å². The second kappa shape index (κ2) is 6.80. The molecule has 6 heteroatoms. The number of aryl methyl sites for hydroxylation is 1. The lowest BCUT2D eigenvalue weighted by atomic mass is 10.00. The Morgan fingerprint density at radius 1 is 1.18 bits per heavy atom. The van der Waals surface area contributed by atoms with Crippen LogP contribution in [0.15, 0.2) is 59.2 Å². The van der Waals surface area contributed by atoms with Crippen molar-refractivity contribution in [2.24, 2.45) is 0 Å². The zero-order valence-corrected chi connectivity index (χ0v) is 16.3. The molecule has 0 atom stereocenters. The number of furan rings is 1. The SMILES string of the molecule is Cc1sc(Nc2ccc3occc3c2)nc1C(=O)N1CCc2ccccc2C1. The summed E-state index contributed by atoms with van der Waals surface area (Å²) in [6, 6.07) is 16.1. The molecule has 2 aromatic heterocycles. The molecule has 28 heavy (non-hydrogen) atoms. The van der Waals surface area contributed by atoms with Crippen molar-refractivity contribution in [1.82, 2.24) is 9.88 Å². The molecular weight excluding hydrogens is 370 g/mol. The smallest absolute Gasteiger partial charge is 0.274 e. The summed E-state index contributed by atoms with van der Waals surface area (Å²) in [7, 11) is 0. The molecule has 0 unspecified atom stereocenters. The largest absolute Gasteiger partial charge is 0.464 e. The van der Waals surface area contributed by atoms with Crippen molar-refractivity contribution < 1.29 is 9.21 Å². The second-order valence-corrected chi connectivity index (χ2v) is 8.17. The minimum atomic E-state index is 0.00147. The average Bonchev–Trinajstić information content (AvgIpc) is 3.33. The van der Waals surface area contributed by atoms with Gasteiger partial charge in [0.25, 0.3) is 5.91 Å². The molecule has 3 heterocycles. The van der Waals surface area contributed by atoms with Crippen LogP contribution in [0.3, 0.4) is 0 Å². The van der Waals surface area contributed by atoms with E-state index in [9.17, 15) is 4.79 Å². The van der Waals surface area contributed by atoms with Crippen molar-refractivity contribution in [3.8, 4) is 0 Å². The van der Waals surface area contributed by atoms with Crippen LogP contribution in [0.4, 0.5) is 10.8 Å². The van der Waals surface area contributed by atoms with Crippen molar-refractivity contribution >= 4 is 39.0 Å². The first-order valence-corrected chi connectivity index (χ1v) is 10.1. The lowest BCUT2D eigenvalue weighted by Crippen LogP contribution is -2.36. The summed E-state index contributed by atoms with van der Waals surface area (Å²) in [5.41, 5.74) is 4.87. The van der Waals surface area contributed by atoms with Crippen LogP contribution < -0.4 is 5.32 Å². The van der Waals surface area contributed by atoms with E-state index in [0.717, 1.165) is 39.6 Å². The maximum absolute atomic E-state index is 13.1. The van der Waals surface area contributed by atoms with E-state index in [-0.39, 0.29) is 5.91 Å². The molecule has 1 amide bonds. The number of carbonyl (C=O) groups is 1. The van der Waals surface area contributed by atoms with Crippen LogP contribution in [-0.4, -0.2) is 22.3 Å². The number of hydrogen-bond acceptors (Lipinski definition) is 5. The number of amides is 1. The highest BCUT2D eigenvalue weighted by Crippen LogP contribution is 2.29. The van der Waals surface area contributed by atoms with E-state index in [1.807, 2.05) is 42.2 Å². The summed E-state index contributed by atoms with van der Waals surface area (Å²) < 4.78 is 5.38. The highest BCUT2D eigenvalue weighted by Gasteiger charge is 2.25. The first-order chi connectivity index (χ1) is 13.7. The molecule has 140 valence electrons. The van der Waals surface area contributed by atoms with Crippen LogP contribution in [0.5, 0.6) is 0 Å². The fourth-order valence-electron chi connectivity index (χ4n) is 3.64. The number of anilines is 2.